The fourth-order valence-corrected chi connectivity index (χ4v) is 4.51. The fourth-order valence-electron chi connectivity index (χ4n) is 3.01. The molecule has 4 rings (SSSR count). The zero-order chi connectivity index (χ0) is 18.8. The van der Waals surface area contributed by atoms with Crippen molar-refractivity contribution in [3.63, 3.8) is 0 Å². The molecule has 1 N–H and O–H groups in total. The number of aryl methyl sites for hydroxylation is 1. The normalized spacial score (nSPS) is 15.1. The average Bonchev–Trinajstić information content (AvgIpc) is 3.42. The van der Waals surface area contributed by atoms with Crippen molar-refractivity contribution in [2.45, 2.75) is 25.8 Å². The number of amides is 2. The largest absolute Gasteiger partial charge is 0.351 e. The van der Waals surface area contributed by atoms with Crippen LogP contribution in [0.25, 0.3) is 10.6 Å². The lowest BCUT2D eigenvalue weighted by molar-refractivity contribution is 0.0690. The Morgan fingerprint density at radius 1 is 1.30 bits per heavy atom. The molecule has 9 heteroatoms. The number of thiophene rings is 1. The number of aromatic nitrogens is 2. The van der Waals surface area contributed by atoms with E-state index in [9.17, 15) is 9.59 Å². The summed E-state index contributed by atoms with van der Waals surface area (Å²) < 4.78 is 4.98. The second kappa shape index (κ2) is 7.61. The molecule has 3 aromatic heterocycles. The number of carbonyl (C=O) groups excluding carboxylic acids is 2. The van der Waals surface area contributed by atoms with E-state index in [0.717, 1.165) is 10.6 Å². The first-order valence-electron chi connectivity index (χ1n) is 8.61. The molecule has 4 heterocycles. The van der Waals surface area contributed by atoms with Crippen molar-refractivity contribution in [2.24, 2.45) is 0 Å². The Morgan fingerprint density at radius 2 is 2.11 bits per heavy atom. The lowest BCUT2D eigenvalue weighted by atomic mass is 10.0. The van der Waals surface area contributed by atoms with E-state index in [0.29, 0.717) is 37.3 Å². The summed E-state index contributed by atoms with van der Waals surface area (Å²) in [4.78, 5) is 31.1. The minimum atomic E-state index is -0.264. The van der Waals surface area contributed by atoms with Crippen molar-refractivity contribution in [1.82, 2.24) is 20.4 Å². The molecule has 0 aromatic carbocycles. The molecule has 0 bridgehead atoms. The summed E-state index contributed by atoms with van der Waals surface area (Å²) >= 11 is 3.09. The van der Waals surface area contributed by atoms with Gasteiger partial charge in [0.05, 0.1) is 5.69 Å². The number of thiazole rings is 1. The van der Waals surface area contributed by atoms with E-state index < -0.39 is 0 Å². The smallest absolute Gasteiger partial charge is 0.290 e. The lowest BCUT2D eigenvalue weighted by Crippen LogP contribution is -2.46. The summed E-state index contributed by atoms with van der Waals surface area (Å²) in [7, 11) is 0. The molecular weight excluding hydrogens is 384 g/mol. The van der Waals surface area contributed by atoms with Crippen molar-refractivity contribution in [3.8, 4) is 10.6 Å². The molecule has 1 aliphatic rings. The van der Waals surface area contributed by atoms with E-state index in [1.807, 2.05) is 22.2 Å². The van der Waals surface area contributed by atoms with Crippen LogP contribution in [0.4, 0.5) is 0 Å². The standard InChI is InChI=1S/C18H18N4O3S2/c1-11-8-15(25-21-11)16(23)19-13-2-5-22(6-3-13)18(24)14-10-27-17(20-14)12-4-7-26-9-12/h4,7-10,13H,2-3,5-6H2,1H3,(H,19,23). The van der Waals surface area contributed by atoms with E-state index in [1.54, 1.807) is 29.2 Å². The molecule has 1 saturated heterocycles. The van der Waals surface area contributed by atoms with Crippen molar-refractivity contribution in [2.75, 3.05) is 13.1 Å². The number of piperidine rings is 1. The molecule has 7 nitrogen and oxygen atoms in total. The minimum absolute atomic E-state index is 0.0174. The Bertz CT molecular complexity index is 940. The predicted molar refractivity (Wildman–Crippen MR) is 103 cm³/mol. The highest BCUT2D eigenvalue weighted by molar-refractivity contribution is 7.14. The van der Waals surface area contributed by atoms with E-state index in [4.69, 9.17) is 4.52 Å². The quantitative estimate of drug-likeness (QED) is 0.724. The SMILES string of the molecule is Cc1cc(C(=O)NC2CCN(C(=O)c3csc(-c4ccsc4)n3)CC2)on1. The zero-order valence-corrected chi connectivity index (χ0v) is 16.3. The van der Waals surface area contributed by atoms with Gasteiger partial charge in [0, 0.05) is 41.5 Å². The first-order valence-corrected chi connectivity index (χ1v) is 10.4. The van der Waals surface area contributed by atoms with Gasteiger partial charge in [0.1, 0.15) is 10.7 Å². The van der Waals surface area contributed by atoms with Crippen LogP contribution in [0, 0.1) is 6.92 Å². The Labute approximate surface area is 164 Å². The first-order chi connectivity index (χ1) is 13.1. The van der Waals surface area contributed by atoms with Gasteiger partial charge in [-0.2, -0.15) is 11.3 Å². The number of hydrogen-bond donors (Lipinski definition) is 1. The Kier molecular flexibility index (Phi) is 5.04. The number of nitrogens with one attached hydrogen (secondary N) is 1. The summed E-state index contributed by atoms with van der Waals surface area (Å²) in [5.41, 5.74) is 2.21. The third kappa shape index (κ3) is 3.93. The lowest BCUT2D eigenvalue weighted by Gasteiger charge is -2.31. The molecule has 0 radical (unpaired) electrons. The maximum absolute atomic E-state index is 12.7. The molecular formula is C18H18N4O3S2. The molecule has 3 aromatic rings. The summed E-state index contributed by atoms with van der Waals surface area (Å²) in [5.74, 6) is -0.0990. The van der Waals surface area contributed by atoms with Crippen LogP contribution in [0.1, 0.15) is 39.6 Å². The van der Waals surface area contributed by atoms with Gasteiger partial charge in [-0.15, -0.1) is 11.3 Å². The third-order valence-corrected chi connectivity index (χ3v) is 6.04. The number of carbonyl (C=O) groups is 2. The van der Waals surface area contributed by atoms with Crippen LogP contribution in [0.15, 0.2) is 32.8 Å². The second-order valence-electron chi connectivity index (χ2n) is 6.42. The molecule has 0 unspecified atom stereocenters. The molecule has 0 spiro atoms. The van der Waals surface area contributed by atoms with Gasteiger partial charge in [-0.3, -0.25) is 9.59 Å². The van der Waals surface area contributed by atoms with Crippen LogP contribution in [0.3, 0.4) is 0 Å². The third-order valence-electron chi connectivity index (χ3n) is 4.46. The predicted octanol–water partition coefficient (Wildman–Crippen LogP) is 3.20. The maximum Gasteiger partial charge on any atom is 0.290 e. The van der Waals surface area contributed by atoms with Crippen molar-refractivity contribution in [3.05, 3.63) is 45.4 Å². The van der Waals surface area contributed by atoms with Crippen LogP contribution >= 0.6 is 22.7 Å². The molecule has 2 amide bonds. The minimum Gasteiger partial charge on any atom is -0.351 e. The molecule has 0 atom stereocenters. The van der Waals surface area contributed by atoms with Crippen molar-refractivity contribution in [1.29, 1.82) is 0 Å². The Hall–Kier alpha value is -2.52. The van der Waals surface area contributed by atoms with Gasteiger partial charge in [0.25, 0.3) is 11.8 Å². The van der Waals surface area contributed by atoms with E-state index >= 15 is 0 Å². The molecule has 1 aliphatic heterocycles. The Morgan fingerprint density at radius 3 is 2.78 bits per heavy atom. The van der Waals surface area contributed by atoms with Gasteiger partial charge in [0.15, 0.2) is 0 Å². The number of rotatable bonds is 4. The van der Waals surface area contributed by atoms with Gasteiger partial charge >= 0.3 is 0 Å². The van der Waals surface area contributed by atoms with E-state index in [-0.39, 0.29) is 23.6 Å². The summed E-state index contributed by atoms with van der Waals surface area (Å²) in [5, 5.41) is 13.4. The van der Waals surface area contributed by atoms with Gasteiger partial charge in [-0.25, -0.2) is 4.98 Å². The number of hydrogen-bond acceptors (Lipinski definition) is 7. The van der Waals surface area contributed by atoms with Crippen molar-refractivity contribution < 1.29 is 14.1 Å². The molecule has 140 valence electrons. The summed E-state index contributed by atoms with van der Waals surface area (Å²) in [6.45, 7) is 2.95. The van der Waals surface area contributed by atoms with Gasteiger partial charge in [-0.05, 0) is 31.2 Å². The van der Waals surface area contributed by atoms with Crippen LogP contribution < -0.4 is 5.32 Å². The monoisotopic (exact) mass is 402 g/mol. The maximum atomic E-state index is 12.7. The van der Waals surface area contributed by atoms with Gasteiger partial charge in [0.2, 0.25) is 5.76 Å². The molecule has 0 saturated carbocycles. The summed E-state index contributed by atoms with van der Waals surface area (Å²) in [6, 6.07) is 3.63. The highest BCUT2D eigenvalue weighted by Gasteiger charge is 2.27. The van der Waals surface area contributed by atoms with Crippen LogP contribution in [0.5, 0.6) is 0 Å². The molecule has 0 aliphatic carbocycles. The van der Waals surface area contributed by atoms with Crippen molar-refractivity contribution >= 4 is 34.5 Å². The highest BCUT2D eigenvalue weighted by atomic mass is 32.1. The topological polar surface area (TPSA) is 88.3 Å². The zero-order valence-electron chi connectivity index (χ0n) is 14.7. The molecule has 27 heavy (non-hydrogen) atoms. The average molecular weight is 403 g/mol. The van der Waals surface area contributed by atoms with Crippen LogP contribution in [-0.2, 0) is 0 Å². The van der Waals surface area contributed by atoms with Crippen LogP contribution in [0.2, 0.25) is 0 Å². The van der Waals surface area contributed by atoms with Crippen LogP contribution in [-0.4, -0.2) is 46.0 Å². The second-order valence-corrected chi connectivity index (χ2v) is 8.06. The van der Waals surface area contributed by atoms with Gasteiger partial charge < -0.3 is 14.7 Å². The van der Waals surface area contributed by atoms with E-state index in [2.05, 4.69) is 15.5 Å². The van der Waals surface area contributed by atoms with Gasteiger partial charge in [-0.1, -0.05) is 5.16 Å². The summed E-state index contributed by atoms with van der Waals surface area (Å²) in [6.07, 6.45) is 1.40. The number of likely N-dealkylation sites (tertiary alicyclic amines) is 1. The van der Waals surface area contributed by atoms with E-state index in [1.165, 1.54) is 11.3 Å². The first kappa shape index (κ1) is 17.9. The highest BCUT2D eigenvalue weighted by Crippen LogP contribution is 2.26. The fraction of sp³-hybridized carbons (Fsp3) is 0.333. The number of nitrogens with zero attached hydrogens (tertiary/aromatic N) is 3. The molecule has 1 fully saturated rings. The Balaban J connectivity index is 1.32.